The summed E-state index contributed by atoms with van der Waals surface area (Å²) in [7, 11) is 1.04. The van der Waals surface area contributed by atoms with Crippen LogP contribution in [0.4, 0.5) is 22.0 Å². The lowest BCUT2D eigenvalue weighted by molar-refractivity contribution is -0.139. The van der Waals surface area contributed by atoms with Gasteiger partial charge in [0, 0.05) is 4.47 Å². The number of halogens is 6. The first-order chi connectivity index (χ1) is 11.6. The number of methoxy groups -OCH3 is 1. The molecule has 0 aliphatic heterocycles. The molecule has 0 bridgehead atoms. The summed E-state index contributed by atoms with van der Waals surface area (Å²) < 4.78 is 72.8. The Bertz CT molecular complexity index is 776. The third-order valence-corrected chi connectivity index (χ3v) is 4.47. The number of ether oxygens (including phenoxy) is 1. The van der Waals surface area contributed by atoms with E-state index in [9.17, 15) is 22.0 Å². The minimum absolute atomic E-state index is 0.529. The number of rotatable bonds is 4. The van der Waals surface area contributed by atoms with E-state index in [1.807, 2.05) is 6.92 Å². The average Bonchev–Trinajstić information content (AvgIpc) is 2.49. The fourth-order valence-corrected chi connectivity index (χ4v) is 2.68. The van der Waals surface area contributed by atoms with E-state index in [2.05, 4.69) is 20.7 Å². The lowest BCUT2D eigenvalue weighted by atomic mass is 9.96. The first kappa shape index (κ1) is 19.4. The molecule has 0 aliphatic rings. The molecule has 1 atom stereocenters. The minimum Gasteiger partial charge on any atom is -0.491 e. The predicted octanol–water partition coefficient (Wildman–Crippen LogP) is 6.40. The van der Waals surface area contributed by atoms with Crippen LogP contribution >= 0.6 is 15.9 Å². The van der Waals surface area contributed by atoms with Crippen molar-refractivity contribution in [2.45, 2.75) is 19.0 Å². The van der Waals surface area contributed by atoms with E-state index in [1.165, 1.54) is 6.08 Å². The molecule has 1 nitrogen and oxygen atoms in total. The minimum atomic E-state index is -4.70. The Morgan fingerprint density at radius 1 is 1.08 bits per heavy atom. The van der Waals surface area contributed by atoms with Crippen molar-refractivity contribution in [2.24, 2.45) is 0 Å². The van der Waals surface area contributed by atoms with Crippen molar-refractivity contribution in [1.29, 1.82) is 0 Å². The smallest absolute Gasteiger partial charge is 0.399 e. The molecule has 0 amide bonds. The average molecular weight is 421 g/mol. The Kier molecular flexibility index (Phi) is 5.87. The molecule has 0 radical (unpaired) electrons. The van der Waals surface area contributed by atoms with Gasteiger partial charge >= 0.3 is 6.18 Å². The summed E-state index contributed by atoms with van der Waals surface area (Å²) in [6.07, 6.45) is -2.56. The third kappa shape index (κ3) is 4.60. The number of benzene rings is 2. The molecule has 0 saturated carbocycles. The van der Waals surface area contributed by atoms with Crippen LogP contribution in [0.3, 0.4) is 0 Å². The van der Waals surface area contributed by atoms with Gasteiger partial charge in [-0.25, -0.2) is 8.78 Å². The van der Waals surface area contributed by atoms with Gasteiger partial charge in [0.2, 0.25) is 0 Å². The summed E-state index contributed by atoms with van der Waals surface area (Å²) >= 11 is 3.30. The summed E-state index contributed by atoms with van der Waals surface area (Å²) in [5, 5.41) is 0. The highest BCUT2D eigenvalue weighted by Crippen LogP contribution is 2.38. The van der Waals surface area contributed by atoms with Crippen LogP contribution in [-0.4, -0.2) is 13.3 Å². The predicted molar refractivity (Wildman–Crippen MR) is 89.6 cm³/mol. The molecular formula is C18H14BrF5O. The van der Waals surface area contributed by atoms with Gasteiger partial charge < -0.3 is 4.74 Å². The van der Waals surface area contributed by atoms with Crippen molar-refractivity contribution >= 4 is 22.0 Å². The fraction of sp³-hybridized carbons (Fsp3) is 0.222. The number of hydrogen-bond acceptors (Lipinski definition) is 1. The van der Waals surface area contributed by atoms with E-state index >= 15 is 0 Å². The quantitative estimate of drug-likeness (QED) is 0.519. The largest absolute Gasteiger partial charge is 0.491 e. The van der Waals surface area contributed by atoms with Crippen molar-refractivity contribution in [1.82, 2.24) is 0 Å². The van der Waals surface area contributed by atoms with Crippen molar-refractivity contribution in [3.05, 3.63) is 69.2 Å². The van der Waals surface area contributed by atoms with E-state index in [4.69, 9.17) is 0 Å². The molecule has 0 N–H and O–H groups in total. The standard InChI is InChI=1S/C18H14BrF5O/c1-10-3-4-11(7-14(10)19)5-6-13(18(22,23)24)12-8-15(20)17(25-2)16(21)9-12/h3-9,13H,1-2H3/b6-5+. The molecule has 7 heteroatoms. The monoisotopic (exact) mass is 420 g/mol. The zero-order valence-corrected chi connectivity index (χ0v) is 14.9. The summed E-state index contributed by atoms with van der Waals surface area (Å²) in [6.45, 7) is 1.85. The van der Waals surface area contributed by atoms with Crippen molar-refractivity contribution in [3.63, 3.8) is 0 Å². The van der Waals surface area contributed by atoms with Crippen LogP contribution in [0.25, 0.3) is 6.08 Å². The van der Waals surface area contributed by atoms with Gasteiger partial charge in [-0.3, -0.25) is 0 Å². The fourth-order valence-electron chi connectivity index (χ4n) is 2.28. The van der Waals surface area contributed by atoms with E-state index in [-0.39, 0.29) is 0 Å². The molecule has 2 aromatic rings. The third-order valence-electron chi connectivity index (χ3n) is 3.61. The Morgan fingerprint density at radius 3 is 2.16 bits per heavy atom. The molecule has 0 spiro atoms. The molecule has 134 valence electrons. The maximum Gasteiger partial charge on any atom is 0.399 e. The first-order valence-electron chi connectivity index (χ1n) is 7.17. The van der Waals surface area contributed by atoms with Crippen molar-refractivity contribution in [3.8, 4) is 5.75 Å². The van der Waals surface area contributed by atoms with Gasteiger partial charge in [-0.05, 0) is 41.8 Å². The Balaban J connectivity index is 2.44. The van der Waals surface area contributed by atoms with Gasteiger partial charge in [0.15, 0.2) is 17.4 Å². The van der Waals surface area contributed by atoms with Crippen LogP contribution < -0.4 is 4.74 Å². The van der Waals surface area contributed by atoms with Crippen LogP contribution in [0.15, 0.2) is 40.9 Å². The highest BCUT2D eigenvalue weighted by molar-refractivity contribution is 9.10. The number of hydrogen-bond donors (Lipinski definition) is 0. The molecule has 0 fully saturated rings. The van der Waals surface area contributed by atoms with Crippen LogP contribution in [0, 0.1) is 18.6 Å². The van der Waals surface area contributed by atoms with Crippen LogP contribution in [-0.2, 0) is 0 Å². The van der Waals surface area contributed by atoms with Gasteiger partial charge in [-0.15, -0.1) is 0 Å². The molecule has 2 rings (SSSR count). The summed E-state index contributed by atoms with van der Waals surface area (Å²) in [5.74, 6) is -5.23. The van der Waals surface area contributed by atoms with E-state index < -0.39 is 35.0 Å². The molecule has 0 aliphatic carbocycles. The van der Waals surface area contributed by atoms with Crippen LogP contribution in [0.2, 0.25) is 0 Å². The molecular weight excluding hydrogens is 407 g/mol. The normalized spacial score (nSPS) is 13.3. The Labute approximate surface area is 150 Å². The van der Waals surface area contributed by atoms with Gasteiger partial charge in [-0.2, -0.15) is 13.2 Å². The second-order valence-electron chi connectivity index (χ2n) is 5.40. The van der Waals surface area contributed by atoms with Gasteiger partial charge in [0.25, 0.3) is 0 Å². The van der Waals surface area contributed by atoms with Gasteiger partial charge in [0.05, 0.1) is 13.0 Å². The molecule has 1 unspecified atom stereocenters. The highest BCUT2D eigenvalue weighted by atomic mass is 79.9. The molecule has 0 aromatic heterocycles. The Morgan fingerprint density at radius 2 is 1.68 bits per heavy atom. The van der Waals surface area contributed by atoms with Crippen molar-refractivity contribution in [2.75, 3.05) is 7.11 Å². The van der Waals surface area contributed by atoms with Gasteiger partial charge in [-0.1, -0.05) is 40.2 Å². The Hall–Kier alpha value is -1.89. The summed E-state index contributed by atoms with van der Waals surface area (Å²) in [4.78, 5) is 0. The number of aryl methyl sites for hydroxylation is 1. The molecule has 2 aromatic carbocycles. The highest BCUT2D eigenvalue weighted by Gasteiger charge is 2.39. The summed E-state index contributed by atoms with van der Waals surface area (Å²) in [6, 6.07) is 6.33. The van der Waals surface area contributed by atoms with Crippen LogP contribution in [0.1, 0.15) is 22.6 Å². The van der Waals surface area contributed by atoms with E-state index in [0.717, 1.165) is 23.2 Å². The second kappa shape index (κ2) is 7.56. The molecule has 0 saturated heterocycles. The van der Waals surface area contributed by atoms with Crippen LogP contribution in [0.5, 0.6) is 5.75 Å². The molecule has 0 heterocycles. The lowest BCUT2D eigenvalue weighted by Crippen LogP contribution is -2.19. The SMILES string of the molecule is COc1c(F)cc(C(/C=C/c2ccc(C)c(Br)c2)C(F)(F)F)cc1F. The van der Waals surface area contributed by atoms with Gasteiger partial charge in [0.1, 0.15) is 0 Å². The van der Waals surface area contributed by atoms with E-state index in [0.29, 0.717) is 17.7 Å². The summed E-state index contributed by atoms with van der Waals surface area (Å²) in [5.41, 5.74) is 0.927. The maximum absolute atomic E-state index is 13.8. The number of allylic oxidation sites excluding steroid dienone is 1. The zero-order valence-electron chi connectivity index (χ0n) is 13.3. The molecule has 25 heavy (non-hydrogen) atoms. The topological polar surface area (TPSA) is 9.23 Å². The van der Waals surface area contributed by atoms with Crippen molar-refractivity contribution < 1.29 is 26.7 Å². The zero-order chi connectivity index (χ0) is 18.8. The van der Waals surface area contributed by atoms with E-state index in [1.54, 1.807) is 18.2 Å². The first-order valence-corrected chi connectivity index (χ1v) is 7.96. The maximum atomic E-state index is 13.8. The number of alkyl halides is 3. The second-order valence-corrected chi connectivity index (χ2v) is 6.26. The lowest BCUT2D eigenvalue weighted by Gasteiger charge is -2.18.